The van der Waals surface area contributed by atoms with Crippen molar-refractivity contribution in [3.63, 3.8) is 0 Å². The summed E-state index contributed by atoms with van der Waals surface area (Å²) in [6.07, 6.45) is 4.59. The number of benzene rings is 1. The molecule has 8 heteroatoms. The fourth-order valence-corrected chi connectivity index (χ4v) is 3.34. The highest BCUT2D eigenvalue weighted by molar-refractivity contribution is 5.99. The van der Waals surface area contributed by atoms with Crippen molar-refractivity contribution >= 4 is 42.3 Å². The maximum Gasteiger partial charge on any atom is 0.251 e. The highest BCUT2D eigenvalue weighted by Crippen LogP contribution is 2.27. The van der Waals surface area contributed by atoms with Crippen molar-refractivity contribution in [3.05, 3.63) is 29.8 Å². The van der Waals surface area contributed by atoms with Gasteiger partial charge in [-0.15, -0.1) is 24.8 Å². The number of nitrogens with zero attached hydrogens (tertiary/aromatic N) is 1. The third-order valence-corrected chi connectivity index (χ3v) is 5.21. The van der Waals surface area contributed by atoms with Gasteiger partial charge in [-0.25, -0.2) is 0 Å². The lowest BCUT2D eigenvalue weighted by molar-refractivity contribution is -0.122. The van der Waals surface area contributed by atoms with Crippen LogP contribution in [0.25, 0.3) is 0 Å². The fraction of sp³-hybridized carbons (Fsp3) is 0.600. The molecule has 1 aliphatic rings. The van der Waals surface area contributed by atoms with E-state index in [-0.39, 0.29) is 36.6 Å². The van der Waals surface area contributed by atoms with E-state index in [1.165, 1.54) is 0 Å². The molecule has 160 valence electrons. The normalized spacial score (nSPS) is 15.1. The van der Waals surface area contributed by atoms with E-state index in [9.17, 15) is 9.59 Å². The number of halogens is 2. The van der Waals surface area contributed by atoms with Crippen LogP contribution in [0.4, 0.5) is 5.69 Å². The zero-order valence-electron chi connectivity index (χ0n) is 16.8. The Hall–Kier alpha value is -1.34. The molecule has 6 nitrogen and oxygen atoms in total. The van der Waals surface area contributed by atoms with E-state index in [0.29, 0.717) is 17.8 Å². The Morgan fingerprint density at radius 1 is 1.04 bits per heavy atom. The average Bonchev–Trinajstić information content (AvgIpc) is 2.66. The number of hydrogen-bond acceptors (Lipinski definition) is 4. The highest BCUT2D eigenvalue weighted by Gasteiger charge is 2.35. The van der Waals surface area contributed by atoms with Crippen LogP contribution in [0.2, 0.25) is 0 Å². The third-order valence-electron chi connectivity index (χ3n) is 5.21. The summed E-state index contributed by atoms with van der Waals surface area (Å²) in [6.45, 7) is 7.63. The summed E-state index contributed by atoms with van der Waals surface area (Å²) in [5.74, 6) is -0.230. The molecule has 1 aromatic carbocycles. The molecule has 1 aliphatic carbocycles. The van der Waals surface area contributed by atoms with Crippen molar-refractivity contribution in [2.45, 2.75) is 51.5 Å². The van der Waals surface area contributed by atoms with E-state index in [2.05, 4.69) is 29.4 Å². The molecule has 28 heavy (non-hydrogen) atoms. The molecule has 0 saturated heterocycles. The van der Waals surface area contributed by atoms with Crippen LogP contribution in [-0.2, 0) is 4.79 Å². The van der Waals surface area contributed by atoms with Crippen molar-refractivity contribution in [1.82, 2.24) is 10.2 Å². The number of nitrogens with two attached hydrogens (primary N) is 1. The smallest absolute Gasteiger partial charge is 0.251 e. The number of carbonyl (C=O) groups is 2. The SMILES string of the molecule is CCN(CC)CCNC(=O)c1ccc(NC(=O)C2(N)CCCCC2)cc1.Cl.Cl. The minimum Gasteiger partial charge on any atom is -0.351 e. The van der Waals surface area contributed by atoms with Crippen LogP contribution in [0.1, 0.15) is 56.3 Å². The van der Waals surface area contributed by atoms with E-state index >= 15 is 0 Å². The summed E-state index contributed by atoms with van der Waals surface area (Å²) >= 11 is 0. The summed E-state index contributed by atoms with van der Waals surface area (Å²) < 4.78 is 0. The molecule has 2 rings (SSSR count). The lowest BCUT2D eigenvalue weighted by Gasteiger charge is -2.31. The van der Waals surface area contributed by atoms with E-state index in [1.807, 2.05) is 0 Å². The molecule has 0 spiro atoms. The first kappa shape index (κ1) is 26.7. The minimum atomic E-state index is -0.765. The van der Waals surface area contributed by atoms with Crippen LogP contribution in [-0.4, -0.2) is 48.4 Å². The largest absolute Gasteiger partial charge is 0.351 e. The van der Waals surface area contributed by atoms with Crippen molar-refractivity contribution in [1.29, 1.82) is 0 Å². The van der Waals surface area contributed by atoms with E-state index in [0.717, 1.165) is 51.7 Å². The molecule has 0 aromatic heterocycles. The van der Waals surface area contributed by atoms with Gasteiger partial charge < -0.3 is 21.3 Å². The molecule has 1 fully saturated rings. The van der Waals surface area contributed by atoms with Gasteiger partial charge >= 0.3 is 0 Å². The van der Waals surface area contributed by atoms with Crippen molar-refractivity contribution in [2.24, 2.45) is 5.73 Å². The molecule has 0 aliphatic heterocycles. The van der Waals surface area contributed by atoms with Gasteiger partial charge in [0, 0.05) is 24.3 Å². The van der Waals surface area contributed by atoms with Gasteiger partial charge in [0.05, 0.1) is 5.54 Å². The zero-order chi connectivity index (χ0) is 19.0. The van der Waals surface area contributed by atoms with Gasteiger partial charge in [-0.05, 0) is 50.2 Å². The molecular formula is C20H34Cl2N4O2. The van der Waals surface area contributed by atoms with Crippen LogP contribution >= 0.6 is 24.8 Å². The zero-order valence-corrected chi connectivity index (χ0v) is 18.5. The monoisotopic (exact) mass is 432 g/mol. The van der Waals surface area contributed by atoms with Crippen LogP contribution in [0.15, 0.2) is 24.3 Å². The second-order valence-electron chi connectivity index (χ2n) is 7.03. The summed E-state index contributed by atoms with van der Waals surface area (Å²) in [7, 11) is 0. The average molecular weight is 433 g/mol. The van der Waals surface area contributed by atoms with Crippen molar-refractivity contribution in [2.75, 3.05) is 31.5 Å². The number of nitrogens with one attached hydrogen (secondary N) is 2. The van der Waals surface area contributed by atoms with E-state index in [1.54, 1.807) is 24.3 Å². The Bertz CT molecular complexity index is 601. The van der Waals surface area contributed by atoms with Gasteiger partial charge in [0.1, 0.15) is 0 Å². The third kappa shape index (κ3) is 7.59. The van der Waals surface area contributed by atoms with E-state index in [4.69, 9.17) is 5.73 Å². The Labute approximate surface area is 180 Å². The Balaban J connectivity index is 0.00000364. The number of rotatable bonds is 8. The molecular weight excluding hydrogens is 399 g/mol. The topological polar surface area (TPSA) is 87.5 Å². The number of anilines is 1. The predicted octanol–water partition coefficient (Wildman–Crippen LogP) is 3.20. The van der Waals surface area contributed by atoms with Crippen molar-refractivity contribution < 1.29 is 9.59 Å². The summed E-state index contributed by atoms with van der Waals surface area (Å²) in [6, 6.07) is 6.96. The highest BCUT2D eigenvalue weighted by atomic mass is 35.5. The molecule has 0 heterocycles. The molecule has 0 unspecified atom stereocenters. The molecule has 4 N–H and O–H groups in total. The first-order chi connectivity index (χ1) is 12.5. The Morgan fingerprint density at radius 2 is 1.61 bits per heavy atom. The second-order valence-corrected chi connectivity index (χ2v) is 7.03. The second kappa shape index (κ2) is 13.0. The minimum absolute atomic E-state index is 0. The van der Waals surface area contributed by atoms with Crippen molar-refractivity contribution in [3.8, 4) is 0 Å². The number of amides is 2. The summed E-state index contributed by atoms with van der Waals surface area (Å²) in [5.41, 5.74) is 6.74. The van der Waals surface area contributed by atoms with Crippen LogP contribution in [0.5, 0.6) is 0 Å². The molecule has 1 saturated carbocycles. The Kier molecular flexibility index (Phi) is 12.4. The van der Waals surface area contributed by atoms with Crippen LogP contribution in [0, 0.1) is 0 Å². The summed E-state index contributed by atoms with van der Waals surface area (Å²) in [4.78, 5) is 26.9. The van der Waals surface area contributed by atoms with Crippen LogP contribution in [0.3, 0.4) is 0 Å². The first-order valence-electron chi connectivity index (χ1n) is 9.69. The lowest BCUT2D eigenvalue weighted by Crippen LogP contribution is -2.52. The van der Waals surface area contributed by atoms with Gasteiger partial charge in [-0.1, -0.05) is 33.1 Å². The van der Waals surface area contributed by atoms with Gasteiger partial charge in [0.15, 0.2) is 0 Å². The number of carbonyl (C=O) groups excluding carboxylic acids is 2. The maximum atomic E-state index is 12.5. The van der Waals surface area contributed by atoms with Crippen LogP contribution < -0.4 is 16.4 Å². The number of hydrogen-bond donors (Lipinski definition) is 3. The fourth-order valence-electron chi connectivity index (χ4n) is 3.34. The molecule has 2 amide bonds. The lowest BCUT2D eigenvalue weighted by atomic mass is 9.82. The van der Waals surface area contributed by atoms with Gasteiger partial charge in [0.2, 0.25) is 5.91 Å². The van der Waals surface area contributed by atoms with Gasteiger partial charge in [0.25, 0.3) is 5.91 Å². The molecule has 0 atom stereocenters. The predicted molar refractivity (Wildman–Crippen MR) is 120 cm³/mol. The molecule has 0 radical (unpaired) electrons. The van der Waals surface area contributed by atoms with E-state index < -0.39 is 5.54 Å². The maximum absolute atomic E-state index is 12.5. The molecule has 0 bridgehead atoms. The molecule has 1 aromatic rings. The Morgan fingerprint density at radius 3 is 2.14 bits per heavy atom. The quantitative estimate of drug-likeness (QED) is 0.588. The first-order valence-corrected chi connectivity index (χ1v) is 9.69. The number of likely N-dealkylation sites (N-methyl/N-ethyl adjacent to an activating group) is 1. The van der Waals surface area contributed by atoms with Gasteiger partial charge in [-0.3, -0.25) is 9.59 Å². The summed E-state index contributed by atoms with van der Waals surface area (Å²) in [5, 5.41) is 5.82. The standard InChI is InChI=1S/C20H32N4O2.2ClH/c1-3-24(4-2)15-14-22-18(25)16-8-10-17(11-9-16)23-19(26)20(21)12-6-5-7-13-20;;/h8-11H,3-7,12-15,21H2,1-2H3,(H,22,25)(H,23,26);2*1H. The van der Waals surface area contributed by atoms with Gasteiger partial charge in [-0.2, -0.15) is 0 Å².